The molecule has 0 aliphatic carbocycles. The van der Waals surface area contributed by atoms with Crippen LogP contribution in [-0.4, -0.2) is 37.8 Å². The Hall–Kier alpha value is -3.11. The van der Waals surface area contributed by atoms with Crippen molar-refractivity contribution in [1.29, 1.82) is 0 Å². The summed E-state index contributed by atoms with van der Waals surface area (Å²) >= 11 is 0. The Labute approximate surface area is 158 Å². The topological polar surface area (TPSA) is 101 Å². The van der Waals surface area contributed by atoms with Crippen LogP contribution < -0.4 is 16.2 Å². The van der Waals surface area contributed by atoms with Gasteiger partial charge in [-0.2, -0.15) is 23.3 Å². The summed E-state index contributed by atoms with van der Waals surface area (Å²) in [5.41, 5.74) is -0.978. The van der Waals surface area contributed by atoms with Crippen molar-refractivity contribution < 1.29 is 13.2 Å². The highest BCUT2D eigenvalue weighted by Gasteiger charge is 2.30. The fraction of sp³-hybridized carbons (Fsp3) is 0.412. The molecule has 0 aliphatic heterocycles. The van der Waals surface area contributed by atoms with Crippen LogP contribution in [-0.2, 0) is 11.7 Å². The van der Waals surface area contributed by atoms with Gasteiger partial charge in [0.1, 0.15) is 11.2 Å². The van der Waals surface area contributed by atoms with Gasteiger partial charge in [-0.3, -0.25) is 9.78 Å². The molecule has 0 spiro atoms. The predicted octanol–water partition coefficient (Wildman–Crippen LogP) is 2.81. The molecule has 0 aromatic carbocycles. The average Bonchev–Trinajstić information content (AvgIpc) is 3.03. The number of nitrogens with one attached hydrogen (secondary N) is 3. The van der Waals surface area contributed by atoms with Crippen molar-refractivity contribution >= 4 is 22.8 Å². The van der Waals surface area contributed by atoms with Crippen molar-refractivity contribution in [3.8, 4) is 0 Å². The van der Waals surface area contributed by atoms with Crippen LogP contribution in [0.3, 0.4) is 0 Å². The number of H-pyrrole nitrogens is 1. The number of halogens is 3. The molecule has 0 radical (unpaired) electrons. The summed E-state index contributed by atoms with van der Waals surface area (Å²) < 4.78 is 39.2. The molecule has 0 unspecified atom stereocenters. The molecule has 0 saturated heterocycles. The molecule has 0 atom stereocenters. The smallest absolute Gasteiger partial charge is 0.368 e. The first-order valence-corrected chi connectivity index (χ1v) is 8.55. The van der Waals surface area contributed by atoms with E-state index in [9.17, 15) is 18.0 Å². The molecule has 0 fully saturated rings. The van der Waals surface area contributed by atoms with Gasteiger partial charge in [0.15, 0.2) is 5.65 Å². The van der Waals surface area contributed by atoms with Gasteiger partial charge in [0.25, 0.3) is 5.56 Å². The summed E-state index contributed by atoms with van der Waals surface area (Å²) in [6.07, 6.45) is -2.16. The van der Waals surface area contributed by atoms with Crippen LogP contribution in [0.2, 0.25) is 0 Å². The summed E-state index contributed by atoms with van der Waals surface area (Å²) in [6.45, 7) is 6.59. The Morgan fingerprint density at radius 3 is 2.43 bits per heavy atom. The van der Waals surface area contributed by atoms with Crippen molar-refractivity contribution in [2.75, 3.05) is 23.7 Å². The van der Waals surface area contributed by atoms with Crippen molar-refractivity contribution in [3.63, 3.8) is 0 Å². The molecule has 3 rings (SSSR count). The zero-order valence-corrected chi connectivity index (χ0v) is 15.6. The number of anilines is 2. The molecule has 11 heteroatoms. The Morgan fingerprint density at radius 2 is 1.82 bits per heavy atom. The maximum atomic E-state index is 12.5. The Morgan fingerprint density at radius 1 is 1.11 bits per heavy atom. The van der Waals surface area contributed by atoms with Gasteiger partial charge < -0.3 is 10.6 Å². The quantitative estimate of drug-likeness (QED) is 0.575. The number of aromatic nitrogens is 5. The monoisotopic (exact) mass is 395 g/mol. The maximum absolute atomic E-state index is 12.5. The van der Waals surface area contributed by atoms with E-state index in [4.69, 9.17) is 0 Å². The van der Waals surface area contributed by atoms with E-state index in [1.165, 1.54) is 12.3 Å². The molecule has 8 nitrogen and oxygen atoms in total. The van der Waals surface area contributed by atoms with Crippen LogP contribution >= 0.6 is 0 Å². The maximum Gasteiger partial charge on any atom is 0.417 e. The van der Waals surface area contributed by atoms with Crippen molar-refractivity contribution in [1.82, 2.24) is 24.7 Å². The first kappa shape index (κ1) is 19.6. The van der Waals surface area contributed by atoms with E-state index in [1.807, 2.05) is 20.8 Å². The number of pyridine rings is 1. The van der Waals surface area contributed by atoms with Crippen LogP contribution in [0.1, 0.15) is 26.3 Å². The zero-order chi connectivity index (χ0) is 20.5. The van der Waals surface area contributed by atoms with Crippen molar-refractivity contribution in [2.45, 2.75) is 32.5 Å². The second-order valence-electron chi connectivity index (χ2n) is 7.16. The van der Waals surface area contributed by atoms with Crippen LogP contribution in [0.5, 0.6) is 0 Å². The van der Waals surface area contributed by atoms with Crippen LogP contribution in [0.15, 0.2) is 29.3 Å². The van der Waals surface area contributed by atoms with Crippen LogP contribution in [0.25, 0.3) is 11.0 Å². The largest absolute Gasteiger partial charge is 0.417 e. The minimum absolute atomic E-state index is 0.283. The number of rotatable bonds is 5. The minimum Gasteiger partial charge on any atom is -0.368 e. The number of fused-ring (bicyclic) bond motifs is 1. The van der Waals surface area contributed by atoms with E-state index in [0.29, 0.717) is 29.9 Å². The fourth-order valence-corrected chi connectivity index (χ4v) is 2.53. The molecular formula is C17H20F3N7O. The molecule has 0 saturated carbocycles. The Balaban J connectivity index is 1.63. The second-order valence-corrected chi connectivity index (χ2v) is 7.16. The van der Waals surface area contributed by atoms with Gasteiger partial charge in [0.2, 0.25) is 5.95 Å². The third-order valence-electron chi connectivity index (χ3n) is 3.89. The van der Waals surface area contributed by atoms with Gasteiger partial charge in [-0.25, -0.2) is 9.67 Å². The van der Waals surface area contributed by atoms with E-state index in [2.05, 4.69) is 30.7 Å². The molecule has 0 aliphatic rings. The molecule has 150 valence electrons. The summed E-state index contributed by atoms with van der Waals surface area (Å²) in [5, 5.41) is 10.5. The highest BCUT2D eigenvalue weighted by Crippen LogP contribution is 2.28. The molecule has 28 heavy (non-hydrogen) atoms. The molecule has 3 aromatic rings. The van der Waals surface area contributed by atoms with Crippen LogP contribution in [0, 0.1) is 0 Å². The van der Waals surface area contributed by atoms with E-state index < -0.39 is 11.7 Å². The minimum atomic E-state index is -4.41. The lowest BCUT2D eigenvalue weighted by atomic mass is 10.1. The standard InChI is InChI=1S/C17H20F3N7O/c1-16(2,3)27-13-11(9-24-27)14(28)26-15(25-13)22-7-6-21-12-5-4-10(8-23-12)17(18,19)20/h4-5,8-9H,6-7H2,1-3H3,(H,21,23)(H2,22,25,26,28). The van der Waals surface area contributed by atoms with Gasteiger partial charge in [-0.05, 0) is 32.9 Å². The Bertz CT molecular complexity index is 1020. The fourth-order valence-electron chi connectivity index (χ4n) is 2.53. The number of hydrogen-bond donors (Lipinski definition) is 3. The number of alkyl halides is 3. The second kappa shape index (κ2) is 7.13. The molecule has 3 aromatic heterocycles. The molecule has 3 heterocycles. The van der Waals surface area contributed by atoms with E-state index in [1.54, 1.807) is 4.68 Å². The lowest BCUT2D eigenvalue weighted by Gasteiger charge is -2.19. The van der Waals surface area contributed by atoms with Crippen molar-refractivity contribution in [2.24, 2.45) is 0 Å². The average molecular weight is 395 g/mol. The number of aromatic amines is 1. The summed E-state index contributed by atoms with van der Waals surface area (Å²) in [4.78, 5) is 23.0. The third-order valence-corrected chi connectivity index (χ3v) is 3.89. The van der Waals surface area contributed by atoms with Gasteiger partial charge in [0, 0.05) is 19.3 Å². The lowest BCUT2D eigenvalue weighted by Crippen LogP contribution is -2.24. The number of nitrogens with zero attached hydrogens (tertiary/aromatic N) is 4. The Kier molecular flexibility index (Phi) is 5.01. The van der Waals surface area contributed by atoms with Crippen LogP contribution in [0.4, 0.5) is 24.9 Å². The zero-order valence-electron chi connectivity index (χ0n) is 15.6. The van der Waals surface area contributed by atoms with Crippen molar-refractivity contribution in [3.05, 3.63) is 40.4 Å². The first-order chi connectivity index (χ1) is 13.1. The predicted molar refractivity (Wildman–Crippen MR) is 99.4 cm³/mol. The highest BCUT2D eigenvalue weighted by atomic mass is 19.4. The summed E-state index contributed by atoms with van der Waals surface area (Å²) in [6, 6.07) is 2.22. The summed E-state index contributed by atoms with van der Waals surface area (Å²) in [5.74, 6) is 0.600. The van der Waals surface area contributed by atoms with E-state index in [-0.39, 0.29) is 17.0 Å². The molecule has 0 amide bonds. The first-order valence-electron chi connectivity index (χ1n) is 8.55. The lowest BCUT2D eigenvalue weighted by molar-refractivity contribution is -0.137. The molecule has 0 bridgehead atoms. The third kappa shape index (κ3) is 4.24. The van der Waals surface area contributed by atoms with E-state index in [0.717, 1.165) is 12.3 Å². The van der Waals surface area contributed by atoms with Gasteiger partial charge in [0.05, 0.1) is 17.3 Å². The van der Waals surface area contributed by atoms with Gasteiger partial charge in [-0.15, -0.1) is 0 Å². The SMILES string of the molecule is CC(C)(C)n1ncc2c(=O)[nH]c(NCCNc3ccc(C(F)(F)F)cn3)nc21. The van der Waals surface area contributed by atoms with E-state index >= 15 is 0 Å². The number of hydrogen-bond acceptors (Lipinski definition) is 6. The molecule has 3 N–H and O–H groups in total. The summed E-state index contributed by atoms with van der Waals surface area (Å²) in [7, 11) is 0. The normalized spacial score (nSPS) is 12.4. The highest BCUT2D eigenvalue weighted by molar-refractivity contribution is 5.74. The van der Waals surface area contributed by atoms with Gasteiger partial charge >= 0.3 is 6.18 Å². The van der Waals surface area contributed by atoms with Gasteiger partial charge in [-0.1, -0.05) is 0 Å². The molecular weight excluding hydrogens is 375 g/mol.